The van der Waals surface area contributed by atoms with Gasteiger partial charge in [-0.05, 0) is 69.3 Å². The first-order valence-electron chi connectivity index (χ1n) is 6.32. The SMILES string of the molecule is CC1(C)CCN(C(CN)c2cc(Br)c(Br)s2)CC1. The van der Waals surface area contributed by atoms with Gasteiger partial charge in [0.25, 0.3) is 0 Å². The molecule has 2 heterocycles. The van der Waals surface area contributed by atoms with Gasteiger partial charge in [-0.3, -0.25) is 4.90 Å². The highest BCUT2D eigenvalue weighted by molar-refractivity contribution is 9.13. The van der Waals surface area contributed by atoms with Gasteiger partial charge in [-0.25, -0.2) is 0 Å². The second-order valence-corrected chi connectivity index (χ2v) is 8.98. The Morgan fingerprint density at radius 2 is 2.00 bits per heavy atom. The predicted molar refractivity (Wildman–Crippen MR) is 86.1 cm³/mol. The van der Waals surface area contributed by atoms with Crippen LogP contribution in [0.15, 0.2) is 14.3 Å². The number of piperidine rings is 1. The van der Waals surface area contributed by atoms with Gasteiger partial charge in [-0.1, -0.05) is 13.8 Å². The first-order valence-corrected chi connectivity index (χ1v) is 8.72. The third-order valence-electron chi connectivity index (χ3n) is 3.81. The zero-order chi connectivity index (χ0) is 13.3. The largest absolute Gasteiger partial charge is 0.329 e. The third kappa shape index (κ3) is 3.37. The summed E-state index contributed by atoms with van der Waals surface area (Å²) in [6.07, 6.45) is 2.52. The molecular formula is C13H20Br2N2S. The van der Waals surface area contributed by atoms with E-state index in [1.807, 2.05) is 0 Å². The van der Waals surface area contributed by atoms with E-state index in [0.717, 1.165) is 21.3 Å². The molecule has 18 heavy (non-hydrogen) atoms. The minimum Gasteiger partial charge on any atom is -0.329 e. The lowest BCUT2D eigenvalue weighted by molar-refractivity contribution is 0.0977. The van der Waals surface area contributed by atoms with Crippen LogP contribution < -0.4 is 5.73 Å². The van der Waals surface area contributed by atoms with Crippen LogP contribution in [0, 0.1) is 5.41 Å². The Morgan fingerprint density at radius 1 is 1.39 bits per heavy atom. The van der Waals surface area contributed by atoms with Gasteiger partial charge >= 0.3 is 0 Å². The maximum absolute atomic E-state index is 6.00. The van der Waals surface area contributed by atoms with Gasteiger partial charge in [0.2, 0.25) is 0 Å². The molecular weight excluding hydrogens is 376 g/mol. The minimum atomic E-state index is 0.369. The first kappa shape index (κ1) is 15.0. The number of likely N-dealkylation sites (tertiary alicyclic amines) is 1. The molecule has 5 heteroatoms. The van der Waals surface area contributed by atoms with E-state index in [-0.39, 0.29) is 0 Å². The van der Waals surface area contributed by atoms with E-state index >= 15 is 0 Å². The van der Waals surface area contributed by atoms with Crippen LogP contribution in [-0.4, -0.2) is 24.5 Å². The Morgan fingerprint density at radius 3 is 2.44 bits per heavy atom. The molecule has 1 aliphatic rings. The molecule has 1 atom stereocenters. The maximum atomic E-state index is 6.00. The van der Waals surface area contributed by atoms with Gasteiger partial charge in [0.1, 0.15) is 0 Å². The quantitative estimate of drug-likeness (QED) is 0.821. The molecule has 2 rings (SSSR count). The number of hydrogen-bond donors (Lipinski definition) is 1. The summed E-state index contributed by atoms with van der Waals surface area (Å²) >= 11 is 8.92. The van der Waals surface area contributed by atoms with Gasteiger partial charge in [0.05, 0.1) is 9.83 Å². The van der Waals surface area contributed by atoms with Crippen LogP contribution in [0.1, 0.15) is 37.6 Å². The highest BCUT2D eigenvalue weighted by Gasteiger charge is 2.30. The molecule has 1 saturated heterocycles. The molecule has 1 unspecified atom stereocenters. The average molecular weight is 396 g/mol. The average Bonchev–Trinajstić information content (AvgIpc) is 2.62. The number of halogens is 2. The van der Waals surface area contributed by atoms with Crippen molar-refractivity contribution in [2.24, 2.45) is 11.1 Å². The molecule has 2 nitrogen and oxygen atoms in total. The van der Waals surface area contributed by atoms with Crippen molar-refractivity contribution in [2.45, 2.75) is 32.7 Å². The summed E-state index contributed by atoms with van der Waals surface area (Å²) < 4.78 is 2.30. The summed E-state index contributed by atoms with van der Waals surface area (Å²) in [7, 11) is 0. The number of nitrogens with zero attached hydrogens (tertiary/aromatic N) is 1. The highest BCUT2D eigenvalue weighted by atomic mass is 79.9. The number of thiophene rings is 1. The van der Waals surface area contributed by atoms with Crippen molar-refractivity contribution in [3.8, 4) is 0 Å². The Kier molecular flexibility index (Phi) is 4.92. The van der Waals surface area contributed by atoms with Gasteiger partial charge in [0.15, 0.2) is 0 Å². The van der Waals surface area contributed by atoms with Crippen LogP contribution in [0.25, 0.3) is 0 Å². The molecule has 1 aromatic heterocycles. The van der Waals surface area contributed by atoms with Crippen LogP contribution in [-0.2, 0) is 0 Å². The molecule has 0 saturated carbocycles. The number of rotatable bonds is 3. The highest BCUT2D eigenvalue weighted by Crippen LogP contribution is 2.39. The van der Waals surface area contributed by atoms with E-state index < -0.39 is 0 Å². The Balaban J connectivity index is 2.10. The molecule has 2 N–H and O–H groups in total. The summed E-state index contributed by atoms with van der Waals surface area (Å²) in [5.41, 5.74) is 6.49. The van der Waals surface area contributed by atoms with E-state index in [1.54, 1.807) is 11.3 Å². The van der Waals surface area contributed by atoms with Crippen molar-refractivity contribution >= 4 is 43.2 Å². The van der Waals surface area contributed by atoms with E-state index in [4.69, 9.17) is 5.73 Å². The van der Waals surface area contributed by atoms with E-state index in [0.29, 0.717) is 18.0 Å². The molecule has 0 radical (unpaired) electrons. The zero-order valence-corrected chi connectivity index (χ0v) is 14.9. The van der Waals surface area contributed by atoms with Crippen LogP contribution in [0.2, 0.25) is 0 Å². The molecule has 0 aromatic carbocycles. The molecule has 0 bridgehead atoms. The summed E-state index contributed by atoms with van der Waals surface area (Å²) in [5.74, 6) is 0. The Hall–Kier alpha value is 0.580. The van der Waals surface area contributed by atoms with Crippen LogP contribution in [0.5, 0.6) is 0 Å². The second kappa shape index (κ2) is 5.92. The summed E-state index contributed by atoms with van der Waals surface area (Å²) in [5, 5.41) is 0. The number of nitrogens with two attached hydrogens (primary N) is 1. The van der Waals surface area contributed by atoms with Crippen molar-refractivity contribution in [3.05, 3.63) is 19.2 Å². The van der Waals surface area contributed by atoms with Crippen molar-refractivity contribution in [2.75, 3.05) is 19.6 Å². The molecule has 0 aliphatic carbocycles. The fourth-order valence-electron chi connectivity index (χ4n) is 2.41. The summed E-state index contributed by atoms with van der Waals surface area (Å²) in [6.45, 7) is 7.73. The predicted octanol–water partition coefficient (Wildman–Crippen LogP) is 4.39. The van der Waals surface area contributed by atoms with Crippen LogP contribution in [0.3, 0.4) is 0 Å². The summed E-state index contributed by atoms with van der Waals surface area (Å²) in [4.78, 5) is 3.90. The van der Waals surface area contributed by atoms with Gasteiger partial charge < -0.3 is 5.73 Å². The normalized spacial score (nSPS) is 22.1. The number of hydrogen-bond acceptors (Lipinski definition) is 3. The third-order valence-corrected chi connectivity index (χ3v) is 7.17. The fraction of sp³-hybridized carbons (Fsp3) is 0.692. The van der Waals surface area contributed by atoms with Crippen molar-refractivity contribution in [3.63, 3.8) is 0 Å². The van der Waals surface area contributed by atoms with Crippen molar-refractivity contribution < 1.29 is 0 Å². The van der Waals surface area contributed by atoms with Crippen molar-refractivity contribution in [1.29, 1.82) is 0 Å². The smallest absolute Gasteiger partial charge is 0.0843 e. The standard InChI is InChI=1S/C13H20Br2N2S/c1-13(2)3-5-17(6-4-13)10(8-16)11-7-9(14)12(15)18-11/h7,10H,3-6,8,16H2,1-2H3. The van der Waals surface area contributed by atoms with Gasteiger partial charge in [-0.15, -0.1) is 11.3 Å². The van der Waals surface area contributed by atoms with Crippen LogP contribution >= 0.6 is 43.2 Å². The monoisotopic (exact) mass is 394 g/mol. The Bertz CT molecular complexity index is 388. The molecule has 0 spiro atoms. The van der Waals surface area contributed by atoms with Gasteiger partial charge in [-0.2, -0.15) is 0 Å². The molecule has 1 aromatic rings. The maximum Gasteiger partial charge on any atom is 0.0843 e. The van der Waals surface area contributed by atoms with Gasteiger partial charge in [0, 0.05) is 15.9 Å². The lowest BCUT2D eigenvalue weighted by atomic mass is 9.82. The van der Waals surface area contributed by atoms with Crippen molar-refractivity contribution in [1.82, 2.24) is 4.90 Å². The second-order valence-electron chi connectivity index (χ2n) is 5.72. The molecule has 0 amide bonds. The molecule has 1 aliphatic heterocycles. The lowest BCUT2D eigenvalue weighted by Crippen LogP contribution is -2.41. The first-order chi connectivity index (χ1) is 8.43. The molecule has 102 valence electrons. The van der Waals surface area contributed by atoms with Crippen LogP contribution in [0.4, 0.5) is 0 Å². The Labute approximate surface area is 130 Å². The zero-order valence-electron chi connectivity index (χ0n) is 10.9. The van der Waals surface area contributed by atoms with E-state index in [2.05, 4.69) is 56.7 Å². The minimum absolute atomic E-state index is 0.369. The topological polar surface area (TPSA) is 29.3 Å². The molecule has 1 fully saturated rings. The fourth-order valence-corrected chi connectivity index (χ4v) is 4.65. The lowest BCUT2D eigenvalue weighted by Gasteiger charge is -2.40. The van der Waals surface area contributed by atoms with E-state index in [1.165, 1.54) is 17.7 Å². The summed E-state index contributed by atoms with van der Waals surface area (Å²) in [6, 6.07) is 2.57. The van der Waals surface area contributed by atoms with E-state index in [9.17, 15) is 0 Å².